The fraction of sp³-hybridized carbons (Fsp3) is 0.533. The summed E-state index contributed by atoms with van der Waals surface area (Å²) in [5, 5.41) is 5.96. The van der Waals surface area contributed by atoms with E-state index >= 15 is 0 Å². The molecule has 0 N–H and O–H groups in total. The third-order valence-electron chi connectivity index (χ3n) is 3.71. The first-order valence-electron chi connectivity index (χ1n) is 7.54. The van der Waals surface area contributed by atoms with Crippen LogP contribution in [-0.2, 0) is 0 Å². The molecule has 0 atom stereocenters. The lowest BCUT2D eigenvalue weighted by Gasteiger charge is -2.21. The molecule has 118 valence electrons. The van der Waals surface area contributed by atoms with Gasteiger partial charge in [0.25, 0.3) is 5.91 Å². The summed E-state index contributed by atoms with van der Waals surface area (Å²) in [6.45, 7) is 7.50. The van der Waals surface area contributed by atoms with Gasteiger partial charge in [0.2, 0.25) is 0 Å². The van der Waals surface area contributed by atoms with Crippen LogP contribution in [0.2, 0.25) is 0 Å². The second-order valence-corrected chi connectivity index (χ2v) is 7.44. The molecule has 3 heterocycles. The first kappa shape index (κ1) is 15.4. The van der Waals surface area contributed by atoms with Crippen LogP contribution in [0, 0.1) is 0 Å². The third-order valence-corrected chi connectivity index (χ3v) is 5.69. The van der Waals surface area contributed by atoms with E-state index in [1.807, 2.05) is 21.9 Å². The number of carbonyl (C=O) groups is 1. The number of rotatable bonds is 3. The number of hydrogen-bond donors (Lipinski definition) is 0. The molecule has 0 spiro atoms. The van der Waals surface area contributed by atoms with Crippen molar-refractivity contribution < 1.29 is 4.79 Å². The van der Waals surface area contributed by atoms with E-state index in [1.54, 1.807) is 22.7 Å². The summed E-state index contributed by atoms with van der Waals surface area (Å²) in [5.41, 5.74) is 0.594. The number of hydrogen-bond acceptors (Lipinski definition) is 6. The summed E-state index contributed by atoms with van der Waals surface area (Å²) in [4.78, 5) is 25.7. The lowest BCUT2D eigenvalue weighted by Crippen LogP contribution is -2.35. The quantitative estimate of drug-likeness (QED) is 0.864. The van der Waals surface area contributed by atoms with Crippen LogP contribution in [-0.4, -0.2) is 47.0 Å². The summed E-state index contributed by atoms with van der Waals surface area (Å²) in [5.74, 6) is 0.431. The summed E-state index contributed by atoms with van der Waals surface area (Å²) < 4.78 is 0. The zero-order valence-corrected chi connectivity index (χ0v) is 14.5. The van der Waals surface area contributed by atoms with E-state index in [1.165, 1.54) is 0 Å². The van der Waals surface area contributed by atoms with Crippen molar-refractivity contribution in [2.24, 2.45) is 0 Å². The number of aromatic nitrogens is 2. The summed E-state index contributed by atoms with van der Waals surface area (Å²) >= 11 is 3.23. The van der Waals surface area contributed by atoms with Gasteiger partial charge in [-0.15, -0.1) is 22.7 Å². The molecule has 5 nitrogen and oxygen atoms in total. The Balaban J connectivity index is 1.66. The SMILES string of the molecule is CC(C)c1nc(C(=O)N2CCCN(c3nccs3)CC2)cs1. The smallest absolute Gasteiger partial charge is 0.273 e. The Kier molecular flexibility index (Phi) is 4.73. The van der Waals surface area contributed by atoms with Gasteiger partial charge in [0.05, 0.1) is 5.01 Å². The Morgan fingerprint density at radius 3 is 2.77 bits per heavy atom. The normalized spacial score (nSPS) is 16.1. The second kappa shape index (κ2) is 6.75. The molecule has 0 aromatic carbocycles. The highest BCUT2D eigenvalue weighted by Gasteiger charge is 2.23. The van der Waals surface area contributed by atoms with E-state index in [2.05, 4.69) is 28.7 Å². The molecule has 0 unspecified atom stereocenters. The molecule has 7 heteroatoms. The van der Waals surface area contributed by atoms with E-state index in [0.29, 0.717) is 11.6 Å². The lowest BCUT2D eigenvalue weighted by atomic mass is 10.2. The summed E-state index contributed by atoms with van der Waals surface area (Å²) in [6.07, 6.45) is 2.79. The van der Waals surface area contributed by atoms with Crippen molar-refractivity contribution in [3.8, 4) is 0 Å². The molecule has 2 aromatic heterocycles. The van der Waals surface area contributed by atoms with Crippen molar-refractivity contribution in [3.05, 3.63) is 27.7 Å². The minimum atomic E-state index is 0.0594. The largest absolute Gasteiger partial charge is 0.346 e. The highest BCUT2D eigenvalue weighted by Crippen LogP contribution is 2.22. The third kappa shape index (κ3) is 3.30. The highest BCUT2D eigenvalue weighted by molar-refractivity contribution is 7.13. The fourth-order valence-corrected chi connectivity index (χ4v) is 4.00. The van der Waals surface area contributed by atoms with Crippen molar-refractivity contribution in [1.82, 2.24) is 14.9 Å². The van der Waals surface area contributed by atoms with E-state index in [9.17, 15) is 4.79 Å². The van der Waals surface area contributed by atoms with E-state index in [-0.39, 0.29) is 5.91 Å². The zero-order chi connectivity index (χ0) is 15.5. The maximum absolute atomic E-state index is 12.6. The number of nitrogens with zero attached hydrogens (tertiary/aromatic N) is 4. The Bertz CT molecular complexity index is 623. The average Bonchev–Trinajstić information content (AvgIpc) is 3.14. The molecule has 0 aliphatic carbocycles. The molecule has 0 saturated carbocycles. The van der Waals surface area contributed by atoms with Crippen molar-refractivity contribution >= 4 is 33.7 Å². The van der Waals surface area contributed by atoms with Gasteiger partial charge >= 0.3 is 0 Å². The van der Waals surface area contributed by atoms with Crippen LogP contribution in [0.5, 0.6) is 0 Å². The van der Waals surface area contributed by atoms with Crippen LogP contribution >= 0.6 is 22.7 Å². The number of thiazole rings is 2. The maximum atomic E-state index is 12.6. The number of carbonyl (C=O) groups excluding carboxylic acids is 1. The Labute approximate surface area is 138 Å². The number of anilines is 1. The highest BCUT2D eigenvalue weighted by atomic mass is 32.1. The van der Waals surface area contributed by atoms with Crippen LogP contribution in [0.1, 0.15) is 41.7 Å². The molecule has 0 bridgehead atoms. The van der Waals surface area contributed by atoms with Crippen molar-refractivity contribution in [2.45, 2.75) is 26.2 Å². The van der Waals surface area contributed by atoms with E-state index in [4.69, 9.17) is 0 Å². The molecule has 1 fully saturated rings. The van der Waals surface area contributed by atoms with Gasteiger partial charge in [0.15, 0.2) is 5.13 Å². The minimum Gasteiger partial charge on any atom is -0.346 e. The molecule has 3 rings (SSSR count). The molecule has 22 heavy (non-hydrogen) atoms. The van der Waals surface area contributed by atoms with Crippen LogP contribution in [0.3, 0.4) is 0 Å². The van der Waals surface area contributed by atoms with Gasteiger partial charge in [-0.3, -0.25) is 4.79 Å². The Morgan fingerprint density at radius 1 is 1.23 bits per heavy atom. The van der Waals surface area contributed by atoms with E-state index in [0.717, 1.165) is 42.7 Å². The Morgan fingerprint density at radius 2 is 2.09 bits per heavy atom. The predicted molar refractivity (Wildman–Crippen MR) is 91.1 cm³/mol. The van der Waals surface area contributed by atoms with Gasteiger partial charge in [-0.2, -0.15) is 0 Å². The van der Waals surface area contributed by atoms with Gasteiger partial charge in [0, 0.05) is 49.1 Å². The van der Waals surface area contributed by atoms with Gasteiger partial charge in [-0.25, -0.2) is 9.97 Å². The fourth-order valence-electron chi connectivity index (χ4n) is 2.50. The first-order chi connectivity index (χ1) is 10.6. The Hall–Kier alpha value is -1.47. The summed E-state index contributed by atoms with van der Waals surface area (Å²) in [6, 6.07) is 0. The average molecular weight is 336 g/mol. The van der Waals surface area contributed by atoms with Crippen LogP contribution < -0.4 is 4.90 Å². The predicted octanol–water partition coefficient (Wildman–Crippen LogP) is 3.08. The molecular weight excluding hydrogens is 316 g/mol. The van der Waals surface area contributed by atoms with Gasteiger partial charge in [-0.1, -0.05) is 13.8 Å². The van der Waals surface area contributed by atoms with Crippen molar-refractivity contribution in [2.75, 3.05) is 31.1 Å². The van der Waals surface area contributed by atoms with Gasteiger partial charge in [0.1, 0.15) is 5.69 Å². The molecule has 1 aliphatic rings. The van der Waals surface area contributed by atoms with Crippen LogP contribution in [0.4, 0.5) is 5.13 Å². The molecule has 0 radical (unpaired) electrons. The molecule has 1 saturated heterocycles. The lowest BCUT2D eigenvalue weighted by molar-refractivity contribution is 0.0761. The molecule has 2 aromatic rings. The first-order valence-corrected chi connectivity index (χ1v) is 9.30. The molecule has 1 amide bonds. The second-order valence-electron chi connectivity index (χ2n) is 5.67. The van der Waals surface area contributed by atoms with E-state index < -0.39 is 0 Å². The molecule has 1 aliphatic heterocycles. The van der Waals surface area contributed by atoms with Gasteiger partial charge in [-0.05, 0) is 6.42 Å². The maximum Gasteiger partial charge on any atom is 0.273 e. The van der Waals surface area contributed by atoms with Crippen molar-refractivity contribution in [1.29, 1.82) is 0 Å². The van der Waals surface area contributed by atoms with Gasteiger partial charge < -0.3 is 9.80 Å². The summed E-state index contributed by atoms with van der Waals surface area (Å²) in [7, 11) is 0. The standard InChI is InChI=1S/C15H20N4OS2/c1-11(2)13-17-12(10-22-13)14(20)18-5-3-6-19(8-7-18)15-16-4-9-21-15/h4,9-11H,3,5-8H2,1-2H3. The minimum absolute atomic E-state index is 0.0594. The van der Waals surface area contributed by atoms with Crippen molar-refractivity contribution in [3.63, 3.8) is 0 Å². The van der Waals surface area contributed by atoms with Crippen LogP contribution in [0.25, 0.3) is 0 Å². The number of amides is 1. The topological polar surface area (TPSA) is 49.3 Å². The molecular formula is C15H20N4OS2. The van der Waals surface area contributed by atoms with Crippen LogP contribution in [0.15, 0.2) is 17.0 Å². The monoisotopic (exact) mass is 336 g/mol. The zero-order valence-electron chi connectivity index (χ0n) is 12.9.